The van der Waals surface area contributed by atoms with Crippen LogP contribution >= 0.6 is 0 Å². The van der Waals surface area contributed by atoms with Gasteiger partial charge in [0.2, 0.25) is 0 Å². The molecule has 24 heavy (non-hydrogen) atoms. The maximum absolute atomic E-state index is 8.15. The van der Waals surface area contributed by atoms with E-state index in [0.717, 1.165) is 9.95 Å². The lowest BCUT2D eigenvalue weighted by molar-refractivity contribution is 1.11. The number of fused-ring (bicyclic) bond motifs is 8. The molecule has 8 nitrogen and oxygen atoms in total. The third kappa shape index (κ3) is 2.35. The number of hydrogen-bond donors (Lipinski definition) is 2. The van der Waals surface area contributed by atoms with Gasteiger partial charge in [-0.15, -0.1) is 0 Å². The highest BCUT2D eigenvalue weighted by Gasteiger charge is 2.03. The second-order valence-corrected chi connectivity index (χ2v) is 5.09. The Morgan fingerprint density at radius 3 is 1.08 bits per heavy atom. The van der Waals surface area contributed by atoms with Gasteiger partial charge in [-0.05, 0) is 48.6 Å². The summed E-state index contributed by atoms with van der Waals surface area (Å²) in [5, 5.41) is 0. The molecule has 0 aromatic carbocycles. The van der Waals surface area contributed by atoms with E-state index >= 15 is 0 Å². The van der Waals surface area contributed by atoms with Crippen molar-refractivity contribution in [3.8, 4) is 0 Å². The molecule has 0 saturated carbocycles. The van der Waals surface area contributed by atoms with Crippen molar-refractivity contribution in [2.45, 2.75) is 0 Å². The Kier molecular flexibility index (Phi) is 2.24. The zero-order valence-corrected chi connectivity index (χ0v) is 12.2. The molecule has 2 aliphatic rings. The van der Waals surface area contributed by atoms with Crippen molar-refractivity contribution in [1.29, 1.82) is 0 Å². The minimum absolute atomic E-state index is 0.392. The van der Waals surface area contributed by atoms with E-state index in [4.69, 9.17) is 2.82 Å². The normalized spacial score (nSPS) is 13.8. The van der Waals surface area contributed by atoms with Crippen molar-refractivity contribution in [3.63, 3.8) is 0 Å². The molecule has 3 aromatic rings. The van der Waals surface area contributed by atoms with Crippen molar-refractivity contribution < 1.29 is 2.82 Å². The fourth-order valence-electron chi connectivity index (χ4n) is 2.33. The average molecular weight is 316 g/mol. The fourth-order valence-corrected chi connectivity index (χ4v) is 2.33. The molecule has 2 N–H and O–H groups in total. The Morgan fingerprint density at radius 1 is 0.500 bits per heavy atom. The Balaban J connectivity index is 1.91. The lowest BCUT2D eigenvalue weighted by atomic mass is 10.5. The summed E-state index contributed by atoms with van der Waals surface area (Å²) in [7, 11) is 0. The van der Waals surface area contributed by atoms with E-state index < -0.39 is 0 Å². The molecule has 2 aliphatic heterocycles. The van der Waals surface area contributed by atoms with Crippen LogP contribution < -0.4 is 0 Å². The molecular weight excluding hydrogens is 304 g/mol. The van der Waals surface area contributed by atoms with Crippen molar-refractivity contribution in [2.24, 2.45) is 0 Å². The van der Waals surface area contributed by atoms with Gasteiger partial charge >= 0.3 is 0 Å². The molecule has 114 valence electrons. The van der Waals surface area contributed by atoms with E-state index in [-0.39, 0.29) is 0 Å². The Labute approximate surface area is 138 Å². The predicted molar refractivity (Wildman–Crippen MR) is 90.0 cm³/mol. The molecule has 0 atom stereocenters. The van der Waals surface area contributed by atoms with Crippen LogP contribution in [0.5, 0.6) is 0 Å². The molecule has 5 heterocycles. The van der Waals surface area contributed by atoms with Crippen LogP contribution in [-0.2, 0) is 0 Å². The van der Waals surface area contributed by atoms with Crippen molar-refractivity contribution in [1.82, 2.24) is 39.9 Å². The standard InChI is InChI=1S/C16H10N8/c1-2-10-17-9(1)21-11-3-4-13(18-11)23-15-7-8-16(20-15)24-14-6-5-12(19-14)22-10/h1-8H,(H2,17,18,19,20,21,22,23,24)/i/hD2. The molecule has 0 saturated heterocycles. The Morgan fingerprint density at radius 2 is 0.792 bits per heavy atom. The van der Waals surface area contributed by atoms with Gasteiger partial charge in [0.05, 0.1) is 0 Å². The van der Waals surface area contributed by atoms with Gasteiger partial charge in [-0.3, -0.25) is 0 Å². The van der Waals surface area contributed by atoms with E-state index in [0.29, 0.717) is 45.9 Å². The molecular formula is C16H10N8. The van der Waals surface area contributed by atoms with E-state index in [1.54, 1.807) is 48.6 Å². The number of aromatic nitrogens is 8. The van der Waals surface area contributed by atoms with Crippen LogP contribution in [0.3, 0.4) is 0 Å². The minimum Gasteiger partial charge on any atom is -0.325 e. The first-order chi connectivity index (χ1) is 12.7. The van der Waals surface area contributed by atoms with Crippen LogP contribution in [0.2, 0.25) is 2.82 Å². The number of nitrogens with zero attached hydrogens (tertiary/aromatic N) is 6. The van der Waals surface area contributed by atoms with Crippen molar-refractivity contribution in [2.75, 3.05) is 0 Å². The molecule has 0 radical (unpaired) electrons. The summed E-state index contributed by atoms with van der Waals surface area (Å²) in [6.07, 6.45) is 6.81. The molecule has 5 rings (SSSR count). The summed E-state index contributed by atoms with van der Waals surface area (Å²) in [5.74, 6) is 1.71. The quantitative estimate of drug-likeness (QED) is 0.453. The van der Waals surface area contributed by atoms with Gasteiger partial charge in [0.15, 0.2) is 26.1 Å². The van der Waals surface area contributed by atoms with Gasteiger partial charge in [0.1, 0.15) is 22.6 Å². The fraction of sp³-hybridized carbons (Fsp3) is 0. The molecule has 0 fully saturated rings. The molecule has 8 bridgehead atoms. The highest BCUT2D eigenvalue weighted by molar-refractivity contribution is 5.70. The highest BCUT2D eigenvalue weighted by atomic mass is 15.0. The van der Waals surface area contributed by atoms with Crippen LogP contribution in [0, 0.1) is 0 Å². The SMILES string of the molecule is [2H]n1c2ccc1nc1nc(nc3ccc(nc4nc(n2)C=C4)n3[2H])C=C1. The lowest BCUT2D eigenvalue weighted by Crippen LogP contribution is -1.85. The van der Waals surface area contributed by atoms with E-state index in [2.05, 4.69) is 29.9 Å². The maximum atomic E-state index is 8.15. The van der Waals surface area contributed by atoms with Gasteiger partial charge < -0.3 is 9.95 Å². The highest BCUT2D eigenvalue weighted by Crippen LogP contribution is 2.10. The first-order valence-electron chi connectivity index (χ1n) is 8.11. The maximum Gasteiger partial charge on any atom is 0.170 e. The van der Waals surface area contributed by atoms with Crippen molar-refractivity contribution >= 4 is 46.9 Å². The smallest absolute Gasteiger partial charge is 0.170 e. The zero-order chi connectivity index (χ0) is 17.7. The summed E-state index contributed by atoms with van der Waals surface area (Å²) in [6, 6.07) is 6.74. The zero-order valence-electron chi connectivity index (χ0n) is 14.2. The summed E-state index contributed by atoms with van der Waals surface area (Å²) < 4.78 is 16.3. The minimum atomic E-state index is 0.392. The average Bonchev–Trinajstić information content (AvgIpc) is 3.39. The summed E-state index contributed by atoms with van der Waals surface area (Å²) in [6.45, 7) is 0. The summed E-state index contributed by atoms with van der Waals surface area (Å²) >= 11 is 0. The third-order valence-electron chi connectivity index (χ3n) is 3.36. The van der Waals surface area contributed by atoms with Crippen LogP contribution in [0.4, 0.5) is 0 Å². The molecule has 8 heteroatoms. The molecule has 0 amide bonds. The third-order valence-corrected chi connectivity index (χ3v) is 3.36. The summed E-state index contributed by atoms with van der Waals surface area (Å²) in [5.41, 5.74) is 1.57. The van der Waals surface area contributed by atoms with Gasteiger partial charge in [-0.2, -0.15) is 0 Å². The van der Waals surface area contributed by atoms with Crippen LogP contribution in [-0.4, -0.2) is 39.9 Å². The van der Waals surface area contributed by atoms with Crippen LogP contribution in [0.15, 0.2) is 24.3 Å². The van der Waals surface area contributed by atoms with E-state index in [9.17, 15) is 0 Å². The van der Waals surface area contributed by atoms with E-state index in [1.165, 1.54) is 0 Å². The second kappa shape index (κ2) is 4.92. The summed E-state index contributed by atoms with van der Waals surface area (Å²) in [4.78, 5) is 28.2. The number of nitrogens with one attached hydrogen (secondary N) is 2. The predicted octanol–water partition coefficient (Wildman–Crippen LogP) is 2.24. The number of hydrogen-bond acceptors (Lipinski definition) is 6. The number of aromatic amines is 2. The molecule has 3 aromatic heterocycles. The molecule has 0 aliphatic carbocycles. The van der Waals surface area contributed by atoms with Crippen LogP contribution in [0.25, 0.3) is 46.9 Å². The molecule has 0 unspecified atom stereocenters. The lowest BCUT2D eigenvalue weighted by Gasteiger charge is -1.84. The largest absolute Gasteiger partial charge is 0.325 e. The monoisotopic (exact) mass is 316 g/mol. The van der Waals surface area contributed by atoms with E-state index in [1.807, 2.05) is 0 Å². The Hall–Kier alpha value is -3.68. The second-order valence-electron chi connectivity index (χ2n) is 5.09. The number of rotatable bonds is 0. The van der Waals surface area contributed by atoms with Crippen LogP contribution in [0.1, 0.15) is 23.3 Å². The van der Waals surface area contributed by atoms with Gasteiger partial charge in [-0.25, -0.2) is 29.9 Å². The van der Waals surface area contributed by atoms with Crippen molar-refractivity contribution in [3.05, 3.63) is 47.6 Å². The first-order valence-corrected chi connectivity index (χ1v) is 7.22. The van der Waals surface area contributed by atoms with Gasteiger partial charge in [0.25, 0.3) is 0 Å². The first kappa shape index (κ1) is 10.9. The Bertz CT molecular complexity index is 1080. The molecule has 0 spiro atoms. The topological polar surface area (TPSA) is 109 Å². The van der Waals surface area contributed by atoms with Gasteiger partial charge in [-0.1, -0.05) is 0 Å². The van der Waals surface area contributed by atoms with Gasteiger partial charge in [0, 0.05) is 0 Å². The number of H-pyrrole nitrogens is 2.